The molecular formula is C12H9N4. The number of nitrogens with zero attached hydrogens (tertiary/aromatic N) is 2. The molecule has 0 bridgehead atoms. The van der Waals surface area contributed by atoms with Gasteiger partial charge in [0, 0.05) is 6.20 Å². The molecule has 0 spiro atoms. The van der Waals surface area contributed by atoms with Gasteiger partial charge >= 0.3 is 0 Å². The highest BCUT2D eigenvalue weighted by atomic mass is 15.2. The van der Waals surface area contributed by atoms with Crippen LogP contribution in [0.25, 0.3) is 22.2 Å². The zero-order valence-corrected chi connectivity index (χ0v) is 8.44. The number of rotatable bonds is 1. The van der Waals surface area contributed by atoms with E-state index in [2.05, 4.69) is 21.2 Å². The van der Waals surface area contributed by atoms with Gasteiger partial charge in [-0.15, -0.1) is 0 Å². The molecule has 3 aromatic rings. The molecule has 4 nitrogen and oxygen atoms in total. The van der Waals surface area contributed by atoms with E-state index in [1.165, 1.54) is 0 Å². The summed E-state index contributed by atoms with van der Waals surface area (Å²) in [7, 11) is 0. The number of hydrogen-bond acceptors (Lipinski definition) is 3. The van der Waals surface area contributed by atoms with Gasteiger partial charge in [0.1, 0.15) is 0 Å². The lowest BCUT2D eigenvalue weighted by Gasteiger charge is -2.02. The molecule has 0 atom stereocenters. The van der Waals surface area contributed by atoms with Gasteiger partial charge in [0.2, 0.25) is 0 Å². The van der Waals surface area contributed by atoms with Crippen molar-refractivity contribution in [3.63, 3.8) is 0 Å². The third-order valence-electron chi connectivity index (χ3n) is 2.52. The molecule has 0 saturated heterocycles. The smallest absolute Gasteiger partial charge is 0.157 e. The number of aromatic amines is 1. The Bertz CT molecular complexity index is 628. The van der Waals surface area contributed by atoms with Gasteiger partial charge in [-0.1, -0.05) is 24.3 Å². The van der Waals surface area contributed by atoms with Gasteiger partial charge in [-0.3, -0.25) is 5.10 Å². The molecule has 0 amide bonds. The highest BCUT2D eigenvalue weighted by molar-refractivity contribution is 5.99. The van der Waals surface area contributed by atoms with Crippen molar-refractivity contribution in [3.05, 3.63) is 42.6 Å². The number of anilines is 1. The van der Waals surface area contributed by atoms with Crippen LogP contribution < -0.4 is 5.73 Å². The van der Waals surface area contributed by atoms with Crippen LogP contribution >= 0.6 is 0 Å². The Balaban J connectivity index is 2.36. The second-order valence-electron chi connectivity index (χ2n) is 3.48. The van der Waals surface area contributed by atoms with Crippen LogP contribution in [0.2, 0.25) is 0 Å². The first kappa shape index (κ1) is 8.91. The molecule has 1 aromatic carbocycles. The monoisotopic (exact) mass is 209 g/mol. The summed E-state index contributed by atoms with van der Waals surface area (Å²) in [6.45, 7) is 0. The molecule has 16 heavy (non-hydrogen) atoms. The van der Waals surface area contributed by atoms with Gasteiger partial charge in [-0.2, -0.15) is 5.10 Å². The number of benzene rings is 1. The van der Waals surface area contributed by atoms with Crippen LogP contribution in [0.15, 0.2) is 36.5 Å². The van der Waals surface area contributed by atoms with Crippen LogP contribution in [-0.2, 0) is 0 Å². The summed E-state index contributed by atoms with van der Waals surface area (Å²) in [6.07, 6.45) is 1.74. The number of aromatic nitrogens is 3. The zero-order valence-electron chi connectivity index (χ0n) is 8.44. The molecule has 3 rings (SSSR count). The Morgan fingerprint density at radius 2 is 2.00 bits per heavy atom. The minimum Gasteiger partial charge on any atom is -0.382 e. The van der Waals surface area contributed by atoms with Crippen LogP contribution in [0.3, 0.4) is 0 Å². The average molecular weight is 209 g/mol. The molecule has 0 aliphatic carbocycles. The van der Waals surface area contributed by atoms with Gasteiger partial charge < -0.3 is 5.73 Å². The Morgan fingerprint density at radius 1 is 1.19 bits per heavy atom. The van der Waals surface area contributed by atoms with E-state index in [1.807, 2.05) is 30.3 Å². The maximum absolute atomic E-state index is 5.82. The van der Waals surface area contributed by atoms with Gasteiger partial charge in [-0.25, -0.2) is 4.98 Å². The summed E-state index contributed by atoms with van der Waals surface area (Å²) < 4.78 is 0. The Hall–Kier alpha value is -2.36. The fourth-order valence-corrected chi connectivity index (χ4v) is 1.78. The van der Waals surface area contributed by atoms with E-state index in [4.69, 9.17) is 5.73 Å². The molecule has 2 heterocycles. The number of pyridine rings is 1. The van der Waals surface area contributed by atoms with Crippen molar-refractivity contribution >= 4 is 16.9 Å². The van der Waals surface area contributed by atoms with E-state index in [1.54, 1.807) is 6.20 Å². The third-order valence-corrected chi connectivity index (χ3v) is 2.52. The minimum absolute atomic E-state index is 0.478. The van der Waals surface area contributed by atoms with Crippen LogP contribution in [0, 0.1) is 6.07 Å². The lowest BCUT2D eigenvalue weighted by molar-refractivity contribution is 1.10. The highest BCUT2D eigenvalue weighted by Gasteiger charge is 2.09. The predicted octanol–water partition coefficient (Wildman–Crippen LogP) is 2.01. The lowest BCUT2D eigenvalue weighted by Crippen LogP contribution is -1.87. The minimum atomic E-state index is 0.478. The second-order valence-corrected chi connectivity index (χ2v) is 3.48. The molecule has 77 valence electrons. The van der Waals surface area contributed by atoms with E-state index in [0.717, 1.165) is 16.5 Å². The summed E-state index contributed by atoms with van der Waals surface area (Å²) >= 11 is 0. The fraction of sp³-hybridized carbons (Fsp3) is 0. The first-order valence-electron chi connectivity index (χ1n) is 4.91. The van der Waals surface area contributed by atoms with Crippen LogP contribution in [-0.4, -0.2) is 15.2 Å². The Kier molecular flexibility index (Phi) is 1.86. The van der Waals surface area contributed by atoms with Crippen molar-refractivity contribution in [2.24, 2.45) is 0 Å². The number of nitrogens with one attached hydrogen (secondary N) is 1. The summed E-state index contributed by atoms with van der Waals surface area (Å²) in [5.41, 5.74) is 8.65. The first-order valence-corrected chi connectivity index (χ1v) is 4.91. The van der Waals surface area contributed by atoms with Crippen molar-refractivity contribution in [1.82, 2.24) is 15.2 Å². The summed E-state index contributed by atoms with van der Waals surface area (Å²) in [6, 6.07) is 12.6. The van der Waals surface area contributed by atoms with Gasteiger partial charge in [0.15, 0.2) is 11.5 Å². The molecule has 3 N–H and O–H groups in total. The van der Waals surface area contributed by atoms with Crippen LogP contribution in [0.5, 0.6) is 0 Å². The molecule has 0 aliphatic heterocycles. The Labute approximate surface area is 92.1 Å². The third kappa shape index (κ3) is 1.24. The average Bonchev–Trinajstić information content (AvgIpc) is 2.73. The first-order chi connectivity index (χ1) is 7.86. The van der Waals surface area contributed by atoms with Crippen molar-refractivity contribution in [2.75, 3.05) is 5.73 Å². The normalized spacial score (nSPS) is 10.8. The summed E-state index contributed by atoms with van der Waals surface area (Å²) in [5, 5.41) is 7.64. The standard InChI is InChI=1S/C12H9N4/c13-11-10-9(8-4-2-1-3-5-8)6-7-14-12(10)16-15-11/h2-7H,(H3,13,14,15,16). The number of hydrogen-bond donors (Lipinski definition) is 2. The molecule has 2 aromatic heterocycles. The van der Waals surface area contributed by atoms with Crippen molar-refractivity contribution in [3.8, 4) is 11.1 Å². The molecule has 4 heteroatoms. The van der Waals surface area contributed by atoms with Gasteiger partial charge in [0.25, 0.3) is 0 Å². The molecule has 0 unspecified atom stereocenters. The molecule has 1 radical (unpaired) electrons. The van der Waals surface area contributed by atoms with E-state index < -0.39 is 0 Å². The second kappa shape index (κ2) is 3.34. The van der Waals surface area contributed by atoms with Gasteiger partial charge in [0.05, 0.1) is 5.39 Å². The molecular weight excluding hydrogens is 200 g/mol. The maximum atomic E-state index is 5.82. The van der Waals surface area contributed by atoms with E-state index >= 15 is 0 Å². The number of nitrogen functional groups attached to an aromatic ring is 1. The van der Waals surface area contributed by atoms with E-state index in [9.17, 15) is 0 Å². The maximum Gasteiger partial charge on any atom is 0.157 e. The molecule has 0 fully saturated rings. The summed E-state index contributed by atoms with van der Waals surface area (Å²) in [4.78, 5) is 4.18. The van der Waals surface area contributed by atoms with Crippen LogP contribution in [0.1, 0.15) is 0 Å². The number of H-pyrrole nitrogens is 1. The fourth-order valence-electron chi connectivity index (χ4n) is 1.78. The topological polar surface area (TPSA) is 67.6 Å². The SMILES string of the molecule is Nc1n[nH]c2nccc(-c3cc[c]cc3)c12. The van der Waals surface area contributed by atoms with Crippen molar-refractivity contribution in [2.45, 2.75) is 0 Å². The van der Waals surface area contributed by atoms with Crippen LogP contribution in [0.4, 0.5) is 5.82 Å². The number of nitrogens with two attached hydrogens (primary N) is 1. The van der Waals surface area contributed by atoms with Crippen molar-refractivity contribution in [1.29, 1.82) is 0 Å². The highest BCUT2D eigenvalue weighted by Crippen LogP contribution is 2.29. The lowest BCUT2D eigenvalue weighted by atomic mass is 10.0. The molecule has 0 aliphatic rings. The van der Waals surface area contributed by atoms with Crippen molar-refractivity contribution < 1.29 is 0 Å². The number of fused-ring (bicyclic) bond motifs is 1. The quantitative estimate of drug-likeness (QED) is 0.644. The largest absolute Gasteiger partial charge is 0.382 e. The summed E-state index contributed by atoms with van der Waals surface area (Å²) in [5.74, 6) is 0.478. The molecule has 0 saturated carbocycles. The predicted molar refractivity (Wildman–Crippen MR) is 62.6 cm³/mol. The van der Waals surface area contributed by atoms with E-state index in [0.29, 0.717) is 11.5 Å². The van der Waals surface area contributed by atoms with Gasteiger partial charge in [-0.05, 0) is 23.3 Å². The zero-order chi connectivity index (χ0) is 11.0. The Morgan fingerprint density at radius 3 is 2.81 bits per heavy atom. The van der Waals surface area contributed by atoms with E-state index in [-0.39, 0.29) is 0 Å².